The lowest BCUT2D eigenvalue weighted by Crippen LogP contribution is -2.11. The Balaban J connectivity index is 1.43. The van der Waals surface area contributed by atoms with Gasteiger partial charge >= 0.3 is 0 Å². The molecule has 3 rings (SSSR count). The molecule has 0 radical (unpaired) electrons. The van der Waals surface area contributed by atoms with E-state index in [9.17, 15) is 0 Å². The summed E-state index contributed by atoms with van der Waals surface area (Å²) >= 11 is 0. The molecule has 0 N–H and O–H groups in total. The van der Waals surface area contributed by atoms with E-state index in [1.807, 2.05) is 30.3 Å². The van der Waals surface area contributed by atoms with Gasteiger partial charge in [0.1, 0.15) is 5.75 Å². The van der Waals surface area contributed by atoms with Crippen molar-refractivity contribution in [2.45, 2.75) is 64.7 Å². The van der Waals surface area contributed by atoms with E-state index >= 15 is 0 Å². The molecule has 0 atom stereocenters. The molecule has 0 aromatic heterocycles. The van der Waals surface area contributed by atoms with Crippen LogP contribution in [0.5, 0.6) is 5.75 Å². The van der Waals surface area contributed by atoms with Crippen LogP contribution in [0.2, 0.25) is 0 Å². The Hall–Kier alpha value is -2.46. The lowest BCUT2D eigenvalue weighted by molar-refractivity contribution is 0.309. The fourth-order valence-electron chi connectivity index (χ4n) is 3.95. The first-order valence-electron chi connectivity index (χ1n) is 11.3. The Morgan fingerprint density at radius 2 is 1.66 bits per heavy atom. The summed E-state index contributed by atoms with van der Waals surface area (Å²) in [6.07, 6.45) is 12.8. The molecular formula is C28H34O. The highest BCUT2D eigenvalue weighted by molar-refractivity contribution is 5.40. The van der Waals surface area contributed by atoms with Crippen LogP contribution in [-0.2, 0) is 6.42 Å². The van der Waals surface area contributed by atoms with Crippen molar-refractivity contribution in [2.24, 2.45) is 5.92 Å². The predicted molar refractivity (Wildman–Crippen MR) is 123 cm³/mol. The van der Waals surface area contributed by atoms with Crippen LogP contribution in [0, 0.1) is 17.8 Å². The largest absolute Gasteiger partial charge is 0.494 e. The summed E-state index contributed by atoms with van der Waals surface area (Å²) in [7, 11) is 0. The third kappa shape index (κ3) is 6.82. The average molecular weight is 387 g/mol. The molecule has 1 aliphatic rings. The van der Waals surface area contributed by atoms with Crippen LogP contribution in [0.4, 0.5) is 0 Å². The zero-order valence-electron chi connectivity index (χ0n) is 18.0. The molecule has 0 saturated heterocycles. The molecule has 152 valence electrons. The summed E-state index contributed by atoms with van der Waals surface area (Å²) < 4.78 is 5.70. The van der Waals surface area contributed by atoms with Crippen molar-refractivity contribution in [1.29, 1.82) is 0 Å². The van der Waals surface area contributed by atoms with Gasteiger partial charge in [-0.1, -0.05) is 62.5 Å². The molecule has 29 heavy (non-hydrogen) atoms. The quantitative estimate of drug-likeness (QED) is 0.358. The molecule has 0 unspecified atom stereocenters. The maximum absolute atomic E-state index is 5.70. The highest BCUT2D eigenvalue weighted by Crippen LogP contribution is 2.36. The molecule has 0 aliphatic heterocycles. The number of unbranched alkanes of at least 4 members (excludes halogenated alkanes) is 1. The Morgan fingerprint density at radius 3 is 2.31 bits per heavy atom. The third-order valence-corrected chi connectivity index (χ3v) is 5.92. The number of ether oxygens (including phenoxy) is 1. The maximum Gasteiger partial charge on any atom is 0.119 e. The molecule has 2 aromatic rings. The fourth-order valence-corrected chi connectivity index (χ4v) is 3.95. The number of hydrogen-bond donors (Lipinski definition) is 0. The average Bonchev–Trinajstić information content (AvgIpc) is 2.78. The maximum atomic E-state index is 5.70. The van der Waals surface area contributed by atoms with E-state index in [2.05, 4.69) is 56.0 Å². The zero-order valence-corrected chi connectivity index (χ0v) is 18.0. The predicted octanol–water partition coefficient (Wildman–Crippen LogP) is 7.31. The van der Waals surface area contributed by atoms with Crippen molar-refractivity contribution in [3.63, 3.8) is 0 Å². The van der Waals surface area contributed by atoms with Crippen LogP contribution in [-0.4, -0.2) is 6.61 Å². The molecule has 1 heteroatoms. The molecule has 1 saturated carbocycles. The molecule has 1 fully saturated rings. The Kier molecular flexibility index (Phi) is 8.44. The second-order valence-corrected chi connectivity index (χ2v) is 8.06. The van der Waals surface area contributed by atoms with Gasteiger partial charge in [-0.25, -0.2) is 0 Å². The van der Waals surface area contributed by atoms with E-state index in [0.29, 0.717) is 5.92 Å². The van der Waals surface area contributed by atoms with Crippen LogP contribution in [0.1, 0.15) is 75.0 Å². The first kappa shape index (κ1) is 21.3. The van der Waals surface area contributed by atoms with E-state index in [4.69, 9.17) is 4.74 Å². The van der Waals surface area contributed by atoms with Crippen molar-refractivity contribution in [1.82, 2.24) is 0 Å². The first-order valence-corrected chi connectivity index (χ1v) is 11.3. The topological polar surface area (TPSA) is 9.23 Å². The fraction of sp³-hybridized carbons (Fsp3) is 0.429. The molecule has 0 heterocycles. The zero-order chi connectivity index (χ0) is 20.3. The molecular weight excluding hydrogens is 352 g/mol. The van der Waals surface area contributed by atoms with Crippen molar-refractivity contribution in [3.8, 4) is 17.6 Å². The van der Waals surface area contributed by atoms with Gasteiger partial charge in [0, 0.05) is 5.56 Å². The molecule has 1 nitrogen and oxygen atoms in total. The van der Waals surface area contributed by atoms with Crippen LogP contribution in [0.3, 0.4) is 0 Å². The van der Waals surface area contributed by atoms with Crippen LogP contribution in [0.15, 0.2) is 60.7 Å². The van der Waals surface area contributed by atoms with Gasteiger partial charge in [0.05, 0.1) is 6.61 Å². The molecule has 2 aromatic carbocycles. The number of aryl methyl sites for hydroxylation is 1. The van der Waals surface area contributed by atoms with E-state index in [1.165, 1.54) is 36.8 Å². The van der Waals surface area contributed by atoms with Gasteiger partial charge in [0.25, 0.3) is 0 Å². The summed E-state index contributed by atoms with van der Waals surface area (Å²) in [6, 6.07) is 17.4. The highest BCUT2D eigenvalue weighted by atomic mass is 16.5. The van der Waals surface area contributed by atoms with Gasteiger partial charge in [0.2, 0.25) is 0 Å². The number of benzene rings is 2. The van der Waals surface area contributed by atoms with Crippen molar-refractivity contribution in [2.75, 3.05) is 6.61 Å². The normalized spacial score (nSPS) is 19.0. The summed E-state index contributed by atoms with van der Waals surface area (Å²) in [6.45, 7) is 5.18. The summed E-state index contributed by atoms with van der Waals surface area (Å²) in [5.74, 6) is 8.77. The minimum atomic E-state index is 0.671. The lowest BCUT2D eigenvalue weighted by atomic mass is 9.78. The molecule has 0 spiro atoms. The molecule has 0 amide bonds. The number of allylic oxidation sites excluding steroid dienone is 2. The number of hydrogen-bond acceptors (Lipinski definition) is 1. The van der Waals surface area contributed by atoms with Gasteiger partial charge in [-0.2, -0.15) is 0 Å². The minimum Gasteiger partial charge on any atom is -0.494 e. The number of rotatable bonds is 7. The van der Waals surface area contributed by atoms with Gasteiger partial charge in [0.15, 0.2) is 0 Å². The van der Waals surface area contributed by atoms with Gasteiger partial charge in [-0.3, -0.25) is 0 Å². The van der Waals surface area contributed by atoms with Gasteiger partial charge in [-0.05, 0) is 91.8 Å². The summed E-state index contributed by atoms with van der Waals surface area (Å²) in [5.41, 5.74) is 3.99. The highest BCUT2D eigenvalue weighted by Gasteiger charge is 2.20. The van der Waals surface area contributed by atoms with Crippen molar-refractivity contribution < 1.29 is 4.74 Å². The second kappa shape index (κ2) is 11.5. The summed E-state index contributed by atoms with van der Waals surface area (Å²) in [4.78, 5) is 0. The second-order valence-electron chi connectivity index (χ2n) is 8.06. The summed E-state index contributed by atoms with van der Waals surface area (Å²) in [5, 5.41) is 0. The van der Waals surface area contributed by atoms with E-state index < -0.39 is 0 Å². The van der Waals surface area contributed by atoms with Crippen molar-refractivity contribution >= 4 is 0 Å². The monoisotopic (exact) mass is 386 g/mol. The standard InChI is InChI=1S/C28H34O/c1-3-5-22-29-28-20-14-25(15-21-28)9-7-6-8-24-12-18-27(19-13-24)26-16-10-23(4-2)11-17-26/h6,8,10-11,14-17,20-21,24,27H,3-5,12-13,18-19,22H2,1-2H3/t24-,27-. The molecule has 1 aliphatic carbocycles. The SMILES string of the molecule is CCCCOc1ccc(C#CC=C[C@H]2CC[C@H](c3ccc(CC)cc3)CC2)cc1. The first-order chi connectivity index (χ1) is 14.3. The van der Waals surface area contributed by atoms with Gasteiger partial charge < -0.3 is 4.74 Å². The smallest absolute Gasteiger partial charge is 0.119 e. The Labute approximate surface area is 177 Å². The van der Waals surface area contributed by atoms with E-state index in [-0.39, 0.29) is 0 Å². The van der Waals surface area contributed by atoms with Crippen molar-refractivity contribution in [3.05, 3.63) is 77.4 Å². The van der Waals surface area contributed by atoms with E-state index in [1.54, 1.807) is 0 Å². The molecule has 0 bridgehead atoms. The van der Waals surface area contributed by atoms with Crippen LogP contribution in [0.25, 0.3) is 0 Å². The van der Waals surface area contributed by atoms with Crippen LogP contribution >= 0.6 is 0 Å². The van der Waals surface area contributed by atoms with Gasteiger partial charge in [-0.15, -0.1) is 0 Å². The third-order valence-electron chi connectivity index (χ3n) is 5.92. The Morgan fingerprint density at radius 1 is 0.931 bits per heavy atom. The lowest BCUT2D eigenvalue weighted by Gasteiger charge is -2.27. The van der Waals surface area contributed by atoms with Crippen LogP contribution < -0.4 is 4.74 Å². The Bertz CT molecular complexity index is 809. The minimum absolute atomic E-state index is 0.671. The van der Waals surface area contributed by atoms with E-state index in [0.717, 1.165) is 43.1 Å².